The number of nitrogens with zero attached hydrogens (tertiary/aromatic N) is 1. The number of thioether (sulfide) groups is 1. The fourth-order valence-electron chi connectivity index (χ4n) is 1.72. The van der Waals surface area contributed by atoms with Crippen molar-refractivity contribution < 1.29 is 14.7 Å². The van der Waals surface area contributed by atoms with E-state index in [0.717, 1.165) is 11.3 Å². The molecule has 0 saturated heterocycles. The molecule has 2 N–H and O–H groups in total. The first-order valence-corrected chi connectivity index (χ1v) is 8.41. The van der Waals surface area contributed by atoms with E-state index in [1.807, 2.05) is 24.5 Å². The fourth-order valence-corrected chi connectivity index (χ4v) is 2.94. The maximum absolute atomic E-state index is 12.1. The first kappa shape index (κ1) is 15.5. The standard InChI is InChI=1S/C14H14N2O3S2/c1-20-7-9-3-2-4-10(5-9)13(17)15-6-12-16-11(8-21-12)14(18)19/h2-5,8H,6-7H2,1H3,(H,15,17)(H,18,19). The van der Waals surface area contributed by atoms with Crippen LogP contribution in [0, 0.1) is 0 Å². The summed E-state index contributed by atoms with van der Waals surface area (Å²) in [5.74, 6) is -0.395. The second kappa shape index (κ2) is 7.24. The van der Waals surface area contributed by atoms with E-state index < -0.39 is 5.97 Å². The Morgan fingerprint density at radius 3 is 2.90 bits per heavy atom. The van der Waals surface area contributed by atoms with Gasteiger partial charge in [-0.3, -0.25) is 4.79 Å². The Morgan fingerprint density at radius 2 is 2.24 bits per heavy atom. The lowest BCUT2D eigenvalue weighted by molar-refractivity contribution is 0.0691. The summed E-state index contributed by atoms with van der Waals surface area (Å²) in [6.45, 7) is 0.226. The van der Waals surface area contributed by atoms with E-state index >= 15 is 0 Å². The van der Waals surface area contributed by atoms with Crippen LogP contribution in [-0.4, -0.2) is 28.2 Å². The second-order valence-electron chi connectivity index (χ2n) is 4.25. The fraction of sp³-hybridized carbons (Fsp3) is 0.214. The van der Waals surface area contributed by atoms with Gasteiger partial charge in [-0.05, 0) is 24.0 Å². The van der Waals surface area contributed by atoms with E-state index in [1.54, 1.807) is 17.8 Å². The van der Waals surface area contributed by atoms with E-state index in [4.69, 9.17) is 5.11 Å². The minimum absolute atomic E-state index is 0.00576. The third-order valence-electron chi connectivity index (χ3n) is 2.67. The van der Waals surface area contributed by atoms with Crippen LogP contribution in [-0.2, 0) is 12.3 Å². The number of benzene rings is 1. The molecule has 0 atom stereocenters. The molecule has 2 rings (SSSR count). The molecule has 1 aromatic carbocycles. The maximum atomic E-state index is 12.1. The first-order chi connectivity index (χ1) is 10.1. The Bertz CT molecular complexity index is 655. The minimum Gasteiger partial charge on any atom is -0.476 e. The predicted octanol–water partition coefficient (Wildman–Crippen LogP) is 2.63. The molecule has 0 radical (unpaired) electrons. The van der Waals surface area contributed by atoms with Crippen LogP contribution in [0.15, 0.2) is 29.6 Å². The molecule has 0 saturated carbocycles. The summed E-state index contributed by atoms with van der Waals surface area (Å²) in [5, 5.41) is 13.6. The number of nitrogens with one attached hydrogen (secondary N) is 1. The van der Waals surface area contributed by atoms with Gasteiger partial charge in [-0.2, -0.15) is 11.8 Å². The Balaban J connectivity index is 1.97. The molecule has 5 nitrogen and oxygen atoms in total. The van der Waals surface area contributed by atoms with Crippen LogP contribution < -0.4 is 5.32 Å². The van der Waals surface area contributed by atoms with Gasteiger partial charge in [-0.15, -0.1) is 11.3 Å². The van der Waals surface area contributed by atoms with E-state index in [9.17, 15) is 9.59 Å². The highest BCUT2D eigenvalue weighted by atomic mass is 32.2. The van der Waals surface area contributed by atoms with Crippen LogP contribution in [0.25, 0.3) is 0 Å². The van der Waals surface area contributed by atoms with Crippen LogP contribution >= 0.6 is 23.1 Å². The van der Waals surface area contributed by atoms with Gasteiger partial charge in [-0.25, -0.2) is 9.78 Å². The van der Waals surface area contributed by atoms with Gasteiger partial charge in [0.05, 0.1) is 6.54 Å². The molecule has 1 amide bonds. The van der Waals surface area contributed by atoms with E-state index in [2.05, 4.69) is 10.3 Å². The normalized spacial score (nSPS) is 10.3. The average molecular weight is 322 g/mol. The Kier molecular flexibility index (Phi) is 5.35. The van der Waals surface area contributed by atoms with Crippen LogP contribution in [0.3, 0.4) is 0 Å². The molecule has 0 bridgehead atoms. The van der Waals surface area contributed by atoms with Gasteiger partial charge >= 0.3 is 5.97 Å². The SMILES string of the molecule is CSCc1cccc(C(=O)NCc2nc(C(=O)O)cs2)c1. The summed E-state index contributed by atoms with van der Waals surface area (Å²) in [6.07, 6.45) is 2.01. The Hall–Kier alpha value is -1.86. The van der Waals surface area contributed by atoms with Crippen molar-refractivity contribution in [1.82, 2.24) is 10.3 Å². The number of carboxylic acids is 1. The summed E-state index contributed by atoms with van der Waals surface area (Å²) in [4.78, 5) is 26.7. The van der Waals surface area contributed by atoms with Gasteiger partial charge in [0.25, 0.3) is 5.91 Å². The van der Waals surface area contributed by atoms with Crippen molar-refractivity contribution in [2.45, 2.75) is 12.3 Å². The largest absolute Gasteiger partial charge is 0.476 e. The Labute approximate surface area is 130 Å². The lowest BCUT2D eigenvalue weighted by Crippen LogP contribution is -2.22. The Morgan fingerprint density at radius 1 is 1.43 bits per heavy atom. The number of thiazole rings is 1. The van der Waals surface area contributed by atoms with Crippen molar-refractivity contribution in [2.24, 2.45) is 0 Å². The number of carbonyl (C=O) groups excluding carboxylic acids is 1. The monoisotopic (exact) mass is 322 g/mol. The molecule has 1 heterocycles. The smallest absolute Gasteiger partial charge is 0.355 e. The van der Waals surface area contributed by atoms with Crippen molar-refractivity contribution in [3.63, 3.8) is 0 Å². The summed E-state index contributed by atoms with van der Waals surface area (Å²) in [5.41, 5.74) is 1.69. The lowest BCUT2D eigenvalue weighted by Gasteiger charge is -2.05. The highest BCUT2D eigenvalue weighted by Gasteiger charge is 2.10. The van der Waals surface area contributed by atoms with E-state index in [1.165, 1.54) is 16.7 Å². The zero-order chi connectivity index (χ0) is 15.2. The second-order valence-corrected chi connectivity index (χ2v) is 6.06. The molecular weight excluding hydrogens is 308 g/mol. The zero-order valence-corrected chi connectivity index (χ0v) is 13.0. The topological polar surface area (TPSA) is 79.3 Å². The molecule has 0 fully saturated rings. The molecule has 2 aromatic rings. The number of aromatic nitrogens is 1. The van der Waals surface area contributed by atoms with Crippen LogP contribution in [0.4, 0.5) is 0 Å². The molecule has 7 heteroatoms. The number of rotatable bonds is 6. The van der Waals surface area contributed by atoms with Crippen molar-refractivity contribution >= 4 is 35.0 Å². The number of hydrogen-bond acceptors (Lipinski definition) is 5. The van der Waals surface area contributed by atoms with Crippen molar-refractivity contribution in [3.05, 3.63) is 51.5 Å². The van der Waals surface area contributed by atoms with E-state index in [-0.39, 0.29) is 18.1 Å². The third-order valence-corrected chi connectivity index (χ3v) is 4.14. The summed E-state index contributed by atoms with van der Waals surface area (Å²) >= 11 is 2.91. The molecule has 0 unspecified atom stereocenters. The third kappa shape index (κ3) is 4.30. The molecule has 0 aliphatic carbocycles. The number of hydrogen-bond donors (Lipinski definition) is 2. The highest BCUT2D eigenvalue weighted by molar-refractivity contribution is 7.97. The molecule has 0 aliphatic heterocycles. The van der Waals surface area contributed by atoms with Gasteiger partial charge in [0, 0.05) is 16.7 Å². The summed E-state index contributed by atoms with van der Waals surface area (Å²) < 4.78 is 0. The van der Waals surface area contributed by atoms with Gasteiger partial charge in [0.15, 0.2) is 5.69 Å². The van der Waals surface area contributed by atoms with Crippen LogP contribution in [0.1, 0.15) is 31.4 Å². The van der Waals surface area contributed by atoms with Crippen LogP contribution in [0.5, 0.6) is 0 Å². The van der Waals surface area contributed by atoms with E-state index in [0.29, 0.717) is 10.6 Å². The van der Waals surface area contributed by atoms with Gasteiger partial charge in [0.1, 0.15) is 5.01 Å². The molecule has 1 aromatic heterocycles. The number of carbonyl (C=O) groups is 2. The van der Waals surface area contributed by atoms with Gasteiger partial charge in [0.2, 0.25) is 0 Å². The van der Waals surface area contributed by atoms with Crippen LogP contribution in [0.2, 0.25) is 0 Å². The molecular formula is C14H14N2O3S2. The quantitative estimate of drug-likeness (QED) is 0.854. The molecule has 21 heavy (non-hydrogen) atoms. The highest BCUT2D eigenvalue weighted by Crippen LogP contribution is 2.12. The lowest BCUT2D eigenvalue weighted by atomic mass is 10.1. The number of aromatic carboxylic acids is 1. The molecule has 110 valence electrons. The number of amides is 1. The van der Waals surface area contributed by atoms with Crippen molar-refractivity contribution in [3.8, 4) is 0 Å². The van der Waals surface area contributed by atoms with Crippen molar-refractivity contribution in [1.29, 1.82) is 0 Å². The van der Waals surface area contributed by atoms with Crippen molar-refractivity contribution in [2.75, 3.05) is 6.26 Å². The molecule has 0 aliphatic rings. The maximum Gasteiger partial charge on any atom is 0.355 e. The summed E-state index contributed by atoms with van der Waals surface area (Å²) in [7, 11) is 0. The van der Waals surface area contributed by atoms with Gasteiger partial charge < -0.3 is 10.4 Å². The zero-order valence-electron chi connectivity index (χ0n) is 11.3. The minimum atomic E-state index is -1.06. The number of carboxylic acid groups (broad SMARTS) is 1. The van der Waals surface area contributed by atoms with Gasteiger partial charge in [-0.1, -0.05) is 12.1 Å². The molecule has 0 spiro atoms. The summed E-state index contributed by atoms with van der Waals surface area (Å²) in [6, 6.07) is 7.44. The predicted molar refractivity (Wildman–Crippen MR) is 83.9 cm³/mol. The average Bonchev–Trinajstić information content (AvgIpc) is 2.94. The first-order valence-electron chi connectivity index (χ1n) is 6.14.